The van der Waals surface area contributed by atoms with Crippen molar-refractivity contribution in [3.05, 3.63) is 40.9 Å². The van der Waals surface area contributed by atoms with Gasteiger partial charge < -0.3 is 0 Å². The zero-order valence-electron chi connectivity index (χ0n) is 9.24. The predicted octanol–water partition coefficient (Wildman–Crippen LogP) is 3.06. The third kappa shape index (κ3) is 2.04. The second kappa shape index (κ2) is 4.58. The minimum absolute atomic E-state index is 0.527. The predicted molar refractivity (Wildman–Crippen MR) is 64.4 cm³/mol. The number of hydrogen-bond acceptors (Lipinski definition) is 3. The number of aromatic nitrogens is 3. The Morgan fingerprint density at radius 3 is 2.50 bits per heavy atom. The van der Waals surface area contributed by atoms with E-state index in [0.717, 1.165) is 23.2 Å². The normalized spacial score (nSPS) is 10.4. The number of nitrogens with zero attached hydrogens (tertiary/aromatic N) is 3. The summed E-state index contributed by atoms with van der Waals surface area (Å²) in [4.78, 5) is 12.7. The Hall–Kier alpha value is -1.48. The molecule has 0 aliphatic carbocycles. The maximum Gasteiger partial charge on any atom is 0.161 e. The fourth-order valence-corrected chi connectivity index (χ4v) is 1.70. The van der Waals surface area contributed by atoms with Crippen LogP contribution in [-0.2, 0) is 6.42 Å². The molecule has 0 aromatic carbocycles. The van der Waals surface area contributed by atoms with Crippen molar-refractivity contribution in [2.75, 3.05) is 0 Å². The molecule has 2 aromatic heterocycles. The first-order valence-electron chi connectivity index (χ1n) is 5.15. The van der Waals surface area contributed by atoms with E-state index in [1.54, 1.807) is 12.4 Å². The molecule has 0 spiro atoms. The molecule has 0 aliphatic rings. The molecule has 0 bridgehead atoms. The Labute approximate surface area is 99.5 Å². The summed E-state index contributed by atoms with van der Waals surface area (Å²) in [6, 6.07) is 3.75. The van der Waals surface area contributed by atoms with Crippen LogP contribution < -0.4 is 0 Å². The standard InChI is InChI=1S/C12H12ClN3/c1-3-10-8(2)11(13)16-12(15-10)9-4-6-14-7-5-9/h4-7H,3H2,1-2H3. The Kier molecular flexibility index (Phi) is 3.15. The van der Waals surface area contributed by atoms with Gasteiger partial charge in [-0.1, -0.05) is 18.5 Å². The van der Waals surface area contributed by atoms with Gasteiger partial charge in [0.1, 0.15) is 5.15 Å². The van der Waals surface area contributed by atoms with Gasteiger partial charge in [-0.25, -0.2) is 9.97 Å². The molecule has 2 heterocycles. The van der Waals surface area contributed by atoms with Crippen LogP contribution in [0.4, 0.5) is 0 Å². The zero-order chi connectivity index (χ0) is 11.5. The van der Waals surface area contributed by atoms with Gasteiger partial charge in [0.2, 0.25) is 0 Å². The van der Waals surface area contributed by atoms with Crippen LogP contribution in [0.1, 0.15) is 18.2 Å². The molecule has 16 heavy (non-hydrogen) atoms. The lowest BCUT2D eigenvalue weighted by atomic mass is 10.2. The molecule has 0 aliphatic heterocycles. The molecule has 0 N–H and O–H groups in total. The van der Waals surface area contributed by atoms with E-state index in [-0.39, 0.29) is 0 Å². The number of aryl methyl sites for hydroxylation is 1. The lowest BCUT2D eigenvalue weighted by Gasteiger charge is -2.07. The van der Waals surface area contributed by atoms with Crippen molar-refractivity contribution in [3.63, 3.8) is 0 Å². The van der Waals surface area contributed by atoms with Crippen molar-refractivity contribution in [1.29, 1.82) is 0 Å². The van der Waals surface area contributed by atoms with Crippen LogP contribution in [0, 0.1) is 6.92 Å². The minimum Gasteiger partial charge on any atom is -0.265 e. The van der Waals surface area contributed by atoms with Crippen molar-refractivity contribution in [2.45, 2.75) is 20.3 Å². The van der Waals surface area contributed by atoms with E-state index in [9.17, 15) is 0 Å². The van der Waals surface area contributed by atoms with Crippen molar-refractivity contribution in [2.24, 2.45) is 0 Å². The number of rotatable bonds is 2. The fourth-order valence-electron chi connectivity index (χ4n) is 1.51. The third-order valence-electron chi connectivity index (χ3n) is 2.46. The van der Waals surface area contributed by atoms with Crippen LogP contribution in [0.5, 0.6) is 0 Å². The summed E-state index contributed by atoms with van der Waals surface area (Å²) < 4.78 is 0. The van der Waals surface area contributed by atoms with Crippen LogP contribution in [0.25, 0.3) is 11.4 Å². The summed E-state index contributed by atoms with van der Waals surface area (Å²) in [7, 11) is 0. The van der Waals surface area contributed by atoms with Crippen LogP contribution in [0.2, 0.25) is 5.15 Å². The summed E-state index contributed by atoms with van der Waals surface area (Å²) >= 11 is 6.08. The van der Waals surface area contributed by atoms with Crippen LogP contribution >= 0.6 is 11.6 Å². The van der Waals surface area contributed by atoms with Gasteiger partial charge in [-0.3, -0.25) is 4.98 Å². The Bertz CT molecular complexity index is 497. The lowest BCUT2D eigenvalue weighted by Crippen LogP contribution is -1.99. The van der Waals surface area contributed by atoms with Gasteiger partial charge in [-0.2, -0.15) is 0 Å². The number of halogens is 1. The average Bonchev–Trinajstić information content (AvgIpc) is 2.33. The zero-order valence-corrected chi connectivity index (χ0v) is 9.99. The van der Waals surface area contributed by atoms with E-state index in [4.69, 9.17) is 11.6 Å². The second-order valence-corrected chi connectivity index (χ2v) is 3.86. The topological polar surface area (TPSA) is 38.7 Å². The summed E-state index contributed by atoms with van der Waals surface area (Å²) in [5.74, 6) is 0.662. The fraction of sp³-hybridized carbons (Fsp3) is 0.250. The Balaban J connectivity index is 2.55. The summed E-state index contributed by atoms with van der Waals surface area (Å²) in [5.41, 5.74) is 2.89. The van der Waals surface area contributed by atoms with Gasteiger partial charge in [0.25, 0.3) is 0 Å². The first kappa shape index (κ1) is 11.0. The van der Waals surface area contributed by atoms with E-state index in [2.05, 4.69) is 21.9 Å². The largest absolute Gasteiger partial charge is 0.265 e. The lowest BCUT2D eigenvalue weighted by molar-refractivity contribution is 0.976. The quantitative estimate of drug-likeness (QED) is 0.749. The van der Waals surface area contributed by atoms with Crippen LogP contribution in [0.15, 0.2) is 24.5 Å². The van der Waals surface area contributed by atoms with Gasteiger partial charge >= 0.3 is 0 Å². The van der Waals surface area contributed by atoms with E-state index in [1.807, 2.05) is 19.1 Å². The second-order valence-electron chi connectivity index (χ2n) is 3.50. The highest BCUT2D eigenvalue weighted by Gasteiger charge is 2.09. The van der Waals surface area contributed by atoms with Gasteiger partial charge in [0, 0.05) is 29.2 Å². The van der Waals surface area contributed by atoms with Crippen molar-refractivity contribution in [1.82, 2.24) is 15.0 Å². The van der Waals surface area contributed by atoms with Crippen molar-refractivity contribution < 1.29 is 0 Å². The number of pyridine rings is 1. The molecular weight excluding hydrogens is 222 g/mol. The highest BCUT2D eigenvalue weighted by Crippen LogP contribution is 2.21. The highest BCUT2D eigenvalue weighted by molar-refractivity contribution is 6.30. The molecule has 2 aromatic rings. The molecule has 2 rings (SSSR count). The van der Waals surface area contributed by atoms with E-state index in [0.29, 0.717) is 11.0 Å². The van der Waals surface area contributed by atoms with Crippen molar-refractivity contribution in [3.8, 4) is 11.4 Å². The summed E-state index contributed by atoms with van der Waals surface area (Å²) in [5, 5.41) is 0.527. The smallest absolute Gasteiger partial charge is 0.161 e. The minimum atomic E-state index is 0.527. The molecule has 0 saturated heterocycles. The van der Waals surface area contributed by atoms with Crippen LogP contribution in [0.3, 0.4) is 0 Å². The maximum absolute atomic E-state index is 6.08. The number of hydrogen-bond donors (Lipinski definition) is 0. The molecular formula is C12H12ClN3. The first-order valence-corrected chi connectivity index (χ1v) is 5.53. The molecule has 0 fully saturated rings. The van der Waals surface area contributed by atoms with E-state index >= 15 is 0 Å². The molecule has 0 amide bonds. The SMILES string of the molecule is CCc1nc(-c2ccncc2)nc(Cl)c1C. The van der Waals surface area contributed by atoms with Gasteiger partial charge in [-0.05, 0) is 25.5 Å². The van der Waals surface area contributed by atoms with Crippen molar-refractivity contribution >= 4 is 11.6 Å². The van der Waals surface area contributed by atoms with E-state index in [1.165, 1.54) is 0 Å². The first-order chi connectivity index (χ1) is 7.72. The monoisotopic (exact) mass is 233 g/mol. The van der Waals surface area contributed by atoms with E-state index < -0.39 is 0 Å². The van der Waals surface area contributed by atoms with Gasteiger partial charge in [0.15, 0.2) is 5.82 Å². The third-order valence-corrected chi connectivity index (χ3v) is 2.83. The van der Waals surface area contributed by atoms with Crippen LogP contribution in [-0.4, -0.2) is 15.0 Å². The van der Waals surface area contributed by atoms with Gasteiger partial charge in [0.05, 0.1) is 0 Å². The Morgan fingerprint density at radius 2 is 1.88 bits per heavy atom. The Morgan fingerprint density at radius 1 is 1.19 bits per heavy atom. The highest BCUT2D eigenvalue weighted by atomic mass is 35.5. The average molecular weight is 234 g/mol. The molecule has 4 heteroatoms. The summed E-state index contributed by atoms with van der Waals surface area (Å²) in [6.45, 7) is 4.00. The summed E-state index contributed by atoms with van der Waals surface area (Å²) in [6.07, 6.45) is 4.29. The molecule has 0 radical (unpaired) electrons. The molecule has 3 nitrogen and oxygen atoms in total. The molecule has 0 unspecified atom stereocenters. The van der Waals surface area contributed by atoms with Gasteiger partial charge in [-0.15, -0.1) is 0 Å². The molecule has 0 saturated carbocycles. The molecule has 0 atom stereocenters. The maximum atomic E-state index is 6.08. The molecule has 82 valence electrons.